The lowest BCUT2D eigenvalue weighted by Gasteiger charge is -2.02. The Bertz CT molecular complexity index is 413. The van der Waals surface area contributed by atoms with Crippen LogP contribution in [-0.4, -0.2) is 43.1 Å². The number of benzene rings is 1. The van der Waals surface area contributed by atoms with Gasteiger partial charge >= 0.3 is 7.12 Å². The predicted molar refractivity (Wildman–Crippen MR) is 66.8 cm³/mol. The van der Waals surface area contributed by atoms with Gasteiger partial charge in [-0.25, -0.2) is 8.42 Å². The van der Waals surface area contributed by atoms with Crippen molar-refractivity contribution in [3.05, 3.63) is 24.3 Å². The molecule has 0 aromatic heterocycles. The van der Waals surface area contributed by atoms with Crippen LogP contribution in [0.25, 0.3) is 0 Å². The summed E-state index contributed by atoms with van der Waals surface area (Å²) in [6.07, 6.45) is 0. The van der Waals surface area contributed by atoms with Gasteiger partial charge in [0.1, 0.15) is 0 Å². The second kappa shape index (κ2) is 7.44. The first-order chi connectivity index (χ1) is 7.88. The zero-order valence-corrected chi connectivity index (χ0v) is 10.7. The molecule has 0 atom stereocenters. The average molecular weight is 260 g/mol. The van der Waals surface area contributed by atoms with Gasteiger partial charge in [0.25, 0.3) is 0 Å². The van der Waals surface area contributed by atoms with Crippen LogP contribution in [0.4, 0.5) is 0 Å². The van der Waals surface area contributed by atoms with Gasteiger partial charge in [-0.3, -0.25) is 0 Å². The third-order valence-electron chi connectivity index (χ3n) is 1.92. The number of aliphatic hydroxyl groups excluding tert-OH is 1. The summed E-state index contributed by atoms with van der Waals surface area (Å²) in [5, 5.41) is 25.1. The van der Waals surface area contributed by atoms with Gasteiger partial charge in [-0.1, -0.05) is 19.1 Å². The summed E-state index contributed by atoms with van der Waals surface area (Å²) in [5.41, 5.74) is 0.278. The van der Waals surface area contributed by atoms with Gasteiger partial charge in [0.15, 0.2) is 9.84 Å². The third-order valence-corrected chi connectivity index (χ3v) is 3.67. The van der Waals surface area contributed by atoms with Crippen LogP contribution in [0, 0.1) is 0 Å². The number of sulfone groups is 1. The Morgan fingerprint density at radius 1 is 1.12 bits per heavy atom. The maximum Gasteiger partial charge on any atom is 0.488 e. The van der Waals surface area contributed by atoms with Crippen LogP contribution >= 0.6 is 0 Å². The number of aliphatic hydroxyl groups is 1. The number of rotatable bonds is 3. The molecule has 0 radical (unpaired) electrons. The first-order valence-corrected chi connectivity index (χ1v) is 6.84. The molecule has 0 unspecified atom stereocenters. The Balaban J connectivity index is 0.000000770. The fourth-order valence-corrected chi connectivity index (χ4v) is 1.90. The van der Waals surface area contributed by atoms with E-state index in [2.05, 4.69) is 0 Å². The van der Waals surface area contributed by atoms with Crippen LogP contribution in [0.2, 0.25) is 0 Å². The molecule has 1 rings (SSSR count). The average Bonchev–Trinajstić information content (AvgIpc) is 2.30. The smallest absolute Gasteiger partial charge is 0.423 e. The van der Waals surface area contributed by atoms with Crippen molar-refractivity contribution in [2.45, 2.75) is 18.7 Å². The molecule has 17 heavy (non-hydrogen) atoms. The van der Waals surface area contributed by atoms with Crippen LogP contribution in [-0.2, 0) is 9.84 Å². The lowest BCUT2D eigenvalue weighted by atomic mass is 9.81. The zero-order chi connectivity index (χ0) is 13.5. The molecule has 5 nitrogen and oxygen atoms in total. The second-order valence-electron chi connectivity index (χ2n) is 3.16. The Labute approximate surface area is 102 Å². The van der Waals surface area contributed by atoms with Gasteiger partial charge in [0.2, 0.25) is 0 Å². The lowest BCUT2D eigenvalue weighted by Crippen LogP contribution is -2.29. The van der Waals surface area contributed by atoms with E-state index in [1.807, 2.05) is 0 Å². The maximum atomic E-state index is 11.4. The van der Waals surface area contributed by atoms with Gasteiger partial charge in [0, 0.05) is 6.61 Å². The molecule has 0 bridgehead atoms. The largest absolute Gasteiger partial charge is 0.488 e. The zero-order valence-electron chi connectivity index (χ0n) is 9.87. The summed E-state index contributed by atoms with van der Waals surface area (Å²) in [4.78, 5) is 0.199. The van der Waals surface area contributed by atoms with E-state index < -0.39 is 17.0 Å². The van der Waals surface area contributed by atoms with Crippen molar-refractivity contribution in [2.24, 2.45) is 0 Å². The van der Waals surface area contributed by atoms with E-state index >= 15 is 0 Å². The van der Waals surface area contributed by atoms with Crippen molar-refractivity contribution < 1.29 is 23.6 Å². The molecule has 0 spiro atoms. The van der Waals surface area contributed by atoms with Crippen LogP contribution < -0.4 is 5.46 Å². The van der Waals surface area contributed by atoms with Crippen LogP contribution in [0.15, 0.2) is 29.2 Å². The highest BCUT2D eigenvalue weighted by molar-refractivity contribution is 7.91. The summed E-state index contributed by atoms with van der Waals surface area (Å²) in [5.74, 6) is 0.0357. The van der Waals surface area contributed by atoms with Gasteiger partial charge in [-0.05, 0) is 24.5 Å². The molecule has 96 valence electrons. The monoisotopic (exact) mass is 260 g/mol. The van der Waals surface area contributed by atoms with E-state index in [0.717, 1.165) is 0 Å². The first-order valence-electron chi connectivity index (χ1n) is 5.18. The molecule has 0 aliphatic heterocycles. The fourth-order valence-electron chi connectivity index (χ4n) is 1.01. The maximum absolute atomic E-state index is 11.4. The van der Waals surface area contributed by atoms with Gasteiger partial charge in [0.05, 0.1) is 10.6 Å². The van der Waals surface area contributed by atoms with E-state index in [0.29, 0.717) is 0 Å². The summed E-state index contributed by atoms with van der Waals surface area (Å²) in [7, 11) is -4.77. The minimum Gasteiger partial charge on any atom is -0.423 e. The van der Waals surface area contributed by atoms with Gasteiger partial charge in [-0.15, -0.1) is 0 Å². The predicted octanol–water partition coefficient (Wildman–Crippen LogP) is -0.841. The number of hydrogen-bond acceptors (Lipinski definition) is 5. The molecule has 1 aromatic carbocycles. The Kier molecular flexibility index (Phi) is 7.06. The Morgan fingerprint density at radius 3 is 1.82 bits per heavy atom. The molecule has 1 aromatic rings. The van der Waals surface area contributed by atoms with Crippen molar-refractivity contribution >= 4 is 22.4 Å². The highest BCUT2D eigenvalue weighted by Gasteiger charge is 2.14. The van der Waals surface area contributed by atoms with E-state index in [1.54, 1.807) is 13.8 Å². The van der Waals surface area contributed by atoms with E-state index in [9.17, 15) is 8.42 Å². The van der Waals surface area contributed by atoms with Crippen molar-refractivity contribution in [1.29, 1.82) is 0 Å². The molecule has 0 fully saturated rings. The molecule has 0 saturated carbocycles. The second-order valence-corrected chi connectivity index (χ2v) is 5.44. The molecular weight excluding hydrogens is 243 g/mol. The summed E-state index contributed by atoms with van der Waals surface area (Å²) in [6, 6.07) is 5.50. The van der Waals surface area contributed by atoms with E-state index in [1.165, 1.54) is 24.3 Å². The Morgan fingerprint density at radius 2 is 1.53 bits per heavy atom. The Hall–Kier alpha value is -0.885. The van der Waals surface area contributed by atoms with Crippen molar-refractivity contribution in [1.82, 2.24) is 0 Å². The van der Waals surface area contributed by atoms with Gasteiger partial charge in [-0.2, -0.15) is 0 Å². The summed E-state index contributed by atoms with van der Waals surface area (Å²) >= 11 is 0. The highest BCUT2D eigenvalue weighted by atomic mass is 32.2. The molecule has 0 amide bonds. The third kappa shape index (κ3) is 5.32. The molecule has 7 heteroatoms. The molecule has 0 heterocycles. The normalized spacial score (nSPS) is 10.4. The van der Waals surface area contributed by atoms with Crippen molar-refractivity contribution in [3.8, 4) is 0 Å². The topological polar surface area (TPSA) is 94.8 Å². The number of hydrogen-bond donors (Lipinski definition) is 3. The summed E-state index contributed by atoms with van der Waals surface area (Å²) in [6.45, 7) is 3.49. The lowest BCUT2D eigenvalue weighted by molar-refractivity contribution is 0.318. The molecule has 0 aliphatic carbocycles. The highest BCUT2D eigenvalue weighted by Crippen LogP contribution is 2.08. The van der Waals surface area contributed by atoms with Crippen LogP contribution in [0.3, 0.4) is 0 Å². The molecule has 0 aliphatic rings. The van der Waals surface area contributed by atoms with Gasteiger partial charge < -0.3 is 15.2 Å². The summed E-state index contributed by atoms with van der Waals surface area (Å²) < 4.78 is 22.7. The van der Waals surface area contributed by atoms with Crippen LogP contribution in [0.5, 0.6) is 0 Å². The fraction of sp³-hybridized carbons (Fsp3) is 0.400. The standard InChI is InChI=1S/C8H11BO4S.C2H6O/c1-2-14(12,13)8-5-3-7(4-6-8)9(10)11;1-2-3/h3-6,10-11H,2H2,1H3;3H,2H2,1H3. The van der Waals surface area contributed by atoms with E-state index in [4.69, 9.17) is 15.2 Å². The van der Waals surface area contributed by atoms with E-state index in [-0.39, 0.29) is 22.7 Å². The van der Waals surface area contributed by atoms with Crippen molar-refractivity contribution in [3.63, 3.8) is 0 Å². The van der Waals surface area contributed by atoms with Crippen molar-refractivity contribution in [2.75, 3.05) is 12.4 Å². The minimum atomic E-state index is -3.20. The SMILES string of the molecule is CCO.CCS(=O)(=O)c1ccc(B(O)O)cc1. The molecule has 3 N–H and O–H groups in total. The molecule has 0 saturated heterocycles. The molecular formula is C10H17BO5S. The van der Waals surface area contributed by atoms with Crippen LogP contribution in [0.1, 0.15) is 13.8 Å². The quantitative estimate of drug-likeness (QED) is 0.616. The minimum absolute atomic E-state index is 0.0357. The first kappa shape index (κ1) is 16.1.